The number of hydrogen-bond donors (Lipinski definition) is 1. The van der Waals surface area contributed by atoms with Gasteiger partial charge in [-0.3, -0.25) is 4.79 Å². The molecule has 1 amide bonds. The molecule has 1 unspecified atom stereocenters. The Bertz CT molecular complexity index is 873. The lowest BCUT2D eigenvalue weighted by molar-refractivity contribution is -0.136. The molecule has 2 aliphatic rings. The predicted molar refractivity (Wildman–Crippen MR) is 123 cm³/mol. The largest absolute Gasteiger partial charge is 0.319 e. The van der Waals surface area contributed by atoms with Crippen molar-refractivity contribution >= 4 is 39.3 Å². The van der Waals surface area contributed by atoms with Gasteiger partial charge in [0.05, 0.1) is 26.1 Å². The monoisotopic (exact) mass is 432 g/mol. The highest BCUT2D eigenvalue weighted by molar-refractivity contribution is 8.03. The van der Waals surface area contributed by atoms with Crippen LogP contribution in [0.1, 0.15) is 52.3 Å². The summed E-state index contributed by atoms with van der Waals surface area (Å²) in [5.41, 5.74) is 1.07. The van der Waals surface area contributed by atoms with Gasteiger partial charge in [0.1, 0.15) is 0 Å². The summed E-state index contributed by atoms with van der Waals surface area (Å²) in [5.74, 6) is 0.233. The molecule has 1 atom stereocenters. The fourth-order valence-electron chi connectivity index (χ4n) is 4.75. The van der Waals surface area contributed by atoms with E-state index in [0.717, 1.165) is 51.3 Å². The van der Waals surface area contributed by atoms with Gasteiger partial charge in [-0.1, -0.05) is 18.2 Å². The van der Waals surface area contributed by atoms with E-state index in [0.29, 0.717) is 0 Å². The molecule has 0 aliphatic carbocycles. The lowest BCUT2D eigenvalue weighted by atomic mass is 9.99. The van der Waals surface area contributed by atoms with Crippen molar-refractivity contribution in [1.82, 2.24) is 19.5 Å². The Balaban J connectivity index is 1.63. The zero-order valence-corrected chi connectivity index (χ0v) is 19.5. The van der Waals surface area contributed by atoms with E-state index >= 15 is 0 Å². The van der Waals surface area contributed by atoms with Crippen LogP contribution in [0.25, 0.3) is 10.1 Å². The maximum atomic E-state index is 13.4. The lowest BCUT2D eigenvalue weighted by Crippen LogP contribution is -2.45. The Hall–Kier alpha value is -1.15. The maximum absolute atomic E-state index is 13.4. The number of carbonyl (C=O) groups is 1. The van der Waals surface area contributed by atoms with Crippen LogP contribution < -0.4 is 5.32 Å². The molecule has 3 heterocycles. The van der Waals surface area contributed by atoms with E-state index in [9.17, 15) is 4.79 Å². The van der Waals surface area contributed by atoms with Crippen LogP contribution in [0.4, 0.5) is 0 Å². The van der Waals surface area contributed by atoms with E-state index in [-0.39, 0.29) is 16.8 Å². The SMILES string of the molecule is CC1(C)SC(C)(C)N(C(CCCN2CCNCC2)c2nsc3ccccc23)C1=O. The molecule has 1 N–H and O–H groups in total. The zero-order valence-electron chi connectivity index (χ0n) is 17.9. The number of nitrogens with zero attached hydrogens (tertiary/aromatic N) is 3. The molecule has 4 rings (SSSR count). The standard InChI is InChI=1S/C22H32N4OS2/c1-21(2)20(27)26(22(3,4)29-21)17(9-7-13-25-14-11-23-12-15-25)19-16-8-5-6-10-18(16)28-24-19/h5-6,8,10,17,23H,7,9,11-15H2,1-4H3. The molecule has 2 aromatic rings. The van der Waals surface area contributed by atoms with Gasteiger partial charge < -0.3 is 15.1 Å². The Labute approximate surface area is 182 Å². The molecule has 158 valence electrons. The number of aromatic nitrogens is 1. The van der Waals surface area contributed by atoms with Gasteiger partial charge in [-0.25, -0.2) is 0 Å². The van der Waals surface area contributed by atoms with Gasteiger partial charge in [0.25, 0.3) is 0 Å². The van der Waals surface area contributed by atoms with E-state index in [2.05, 4.69) is 67.1 Å². The van der Waals surface area contributed by atoms with Gasteiger partial charge in [0.15, 0.2) is 0 Å². The summed E-state index contributed by atoms with van der Waals surface area (Å²) in [6, 6.07) is 8.44. The van der Waals surface area contributed by atoms with Crippen molar-refractivity contribution in [3.8, 4) is 0 Å². The second kappa shape index (κ2) is 8.17. The third-order valence-corrected chi connectivity index (χ3v) is 8.23. The number of piperazine rings is 1. The van der Waals surface area contributed by atoms with Gasteiger partial charge in [0, 0.05) is 31.6 Å². The molecule has 2 aliphatic heterocycles. The van der Waals surface area contributed by atoms with Crippen molar-refractivity contribution in [1.29, 1.82) is 0 Å². The van der Waals surface area contributed by atoms with Crippen LogP contribution in [-0.2, 0) is 4.79 Å². The Morgan fingerprint density at radius 3 is 2.59 bits per heavy atom. The summed E-state index contributed by atoms with van der Waals surface area (Å²) in [4.78, 5) is 17.9. The first-order valence-electron chi connectivity index (χ1n) is 10.6. The quantitative estimate of drug-likeness (QED) is 0.744. The van der Waals surface area contributed by atoms with Crippen molar-refractivity contribution in [2.45, 2.75) is 56.2 Å². The van der Waals surface area contributed by atoms with Gasteiger partial charge >= 0.3 is 0 Å². The minimum Gasteiger partial charge on any atom is -0.319 e. The van der Waals surface area contributed by atoms with Crippen molar-refractivity contribution in [3.05, 3.63) is 30.0 Å². The maximum Gasteiger partial charge on any atom is 0.239 e. The first-order chi connectivity index (χ1) is 13.8. The third-order valence-electron chi connectivity index (χ3n) is 6.01. The van der Waals surface area contributed by atoms with E-state index in [4.69, 9.17) is 4.37 Å². The molecule has 0 saturated carbocycles. The predicted octanol–water partition coefficient (Wildman–Crippen LogP) is 4.11. The Morgan fingerprint density at radius 1 is 1.17 bits per heavy atom. The average Bonchev–Trinajstić information content (AvgIpc) is 3.17. The Morgan fingerprint density at radius 2 is 1.90 bits per heavy atom. The number of rotatable bonds is 6. The Kier molecular flexibility index (Phi) is 5.95. The fraction of sp³-hybridized carbons (Fsp3) is 0.636. The first-order valence-corrected chi connectivity index (χ1v) is 12.2. The summed E-state index contributed by atoms with van der Waals surface area (Å²) in [6.07, 6.45) is 2.02. The molecular weight excluding hydrogens is 400 g/mol. The third kappa shape index (κ3) is 4.20. The summed E-state index contributed by atoms with van der Waals surface area (Å²) in [6.45, 7) is 13.9. The van der Waals surface area contributed by atoms with Crippen molar-refractivity contribution in [2.24, 2.45) is 0 Å². The van der Waals surface area contributed by atoms with Crippen molar-refractivity contribution < 1.29 is 4.79 Å². The molecule has 1 aromatic carbocycles. The number of benzene rings is 1. The van der Waals surface area contributed by atoms with Crippen LogP contribution in [0.5, 0.6) is 0 Å². The van der Waals surface area contributed by atoms with Crippen LogP contribution in [0.2, 0.25) is 0 Å². The molecule has 29 heavy (non-hydrogen) atoms. The fourth-order valence-corrected chi connectivity index (χ4v) is 7.32. The second-order valence-electron chi connectivity index (χ2n) is 9.05. The molecular formula is C22H32N4OS2. The molecule has 0 radical (unpaired) electrons. The molecule has 0 bridgehead atoms. The second-order valence-corrected chi connectivity index (χ2v) is 12.1. The van der Waals surface area contributed by atoms with Crippen LogP contribution in [0.3, 0.4) is 0 Å². The highest BCUT2D eigenvalue weighted by Crippen LogP contribution is 2.52. The summed E-state index contributed by atoms with van der Waals surface area (Å²) < 4.78 is 5.67. The van der Waals surface area contributed by atoms with Crippen LogP contribution in [0.15, 0.2) is 24.3 Å². The van der Waals surface area contributed by atoms with E-state index in [1.165, 1.54) is 10.1 Å². The van der Waals surface area contributed by atoms with Gasteiger partial charge in [-0.2, -0.15) is 4.37 Å². The van der Waals surface area contributed by atoms with Crippen LogP contribution >= 0.6 is 23.3 Å². The summed E-state index contributed by atoms with van der Waals surface area (Å²) >= 11 is 3.32. The van der Waals surface area contributed by atoms with Crippen LogP contribution in [-0.4, -0.2) is 62.4 Å². The van der Waals surface area contributed by atoms with Gasteiger partial charge in [-0.05, 0) is 64.7 Å². The normalized spacial score (nSPS) is 23.0. The number of thioether (sulfide) groups is 1. The van der Waals surface area contributed by atoms with Gasteiger partial charge in [0.2, 0.25) is 5.91 Å². The molecule has 2 fully saturated rings. The minimum atomic E-state index is -0.397. The van der Waals surface area contributed by atoms with Crippen molar-refractivity contribution in [3.63, 3.8) is 0 Å². The summed E-state index contributed by atoms with van der Waals surface area (Å²) in [7, 11) is 0. The van der Waals surface area contributed by atoms with Crippen molar-refractivity contribution in [2.75, 3.05) is 32.7 Å². The topological polar surface area (TPSA) is 48.5 Å². The first kappa shape index (κ1) is 21.1. The average molecular weight is 433 g/mol. The molecule has 1 aromatic heterocycles. The minimum absolute atomic E-state index is 0.0193. The molecule has 5 nitrogen and oxygen atoms in total. The highest BCUT2D eigenvalue weighted by Gasteiger charge is 2.53. The van der Waals surface area contributed by atoms with Crippen LogP contribution in [0, 0.1) is 0 Å². The molecule has 0 spiro atoms. The molecule has 7 heteroatoms. The highest BCUT2D eigenvalue weighted by atomic mass is 32.2. The lowest BCUT2D eigenvalue weighted by Gasteiger charge is -2.37. The van der Waals surface area contributed by atoms with E-state index in [1.54, 1.807) is 23.3 Å². The zero-order chi connectivity index (χ0) is 20.6. The smallest absolute Gasteiger partial charge is 0.239 e. The van der Waals surface area contributed by atoms with Gasteiger partial charge in [-0.15, -0.1) is 11.8 Å². The number of nitrogens with one attached hydrogen (secondary N) is 1. The number of carbonyl (C=O) groups excluding carboxylic acids is 1. The summed E-state index contributed by atoms with van der Waals surface area (Å²) in [5, 5.41) is 4.62. The van der Waals surface area contributed by atoms with E-state index < -0.39 is 4.75 Å². The molecule has 2 saturated heterocycles. The number of hydrogen-bond acceptors (Lipinski definition) is 6. The number of fused-ring (bicyclic) bond motifs is 1. The number of amides is 1. The van der Waals surface area contributed by atoms with E-state index in [1.807, 2.05) is 0 Å².